The summed E-state index contributed by atoms with van der Waals surface area (Å²) in [5.74, 6) is -0.0457. The third-order valence-corrected chi connectivity index (χ3v) is 5.47. The number of nitrogens with one attached hydrogen (secondary N) is 2. The Morgan fingerprint density at radius 3 is 2.78 bits per heavy atom. The van der Waals surface area contributed by atoms with Gasteiger partial charge in [-0.15, -0.1) is 21.5 Å². The average molecular weight is 403 g/mol. The molecule has 0 atom stereocenters. The van der Waals surface area contributed by atoms with E-state index >= 15 is 0 Å². The maximum absolute atomic E-state index is 12.0. The Hall–Kier alpha value is -2.65. The number of benzene rings is 1. The number of aryl methyl sites for hydroxylation is 1. The highest BCUT2D eigenvalue weighted by molar-refractivity contribution is 7.99. The molecule has 0 aliphatic rings. The first-order valence-electron chi connectivity index (χ1n) is 8.16. The molecule has 2 N–H and O–H groups in total. The van der Waals surface area contributed by atoms with E-state index in [0.29, 0.717) is 11.1 Å². The second kappa shape index (κ2) is 8.83. The molecule has 0 unspecified atom stereocenters. The van der Waals surface area contributed by atoms with Crippen LogP contribution in [0.4, 0.5) is 5.69 Å². The van der Waals surface area contributed by atoms with Crippen LogP contribution in [0.15, 0.2) is 45.4 Å². The molecule has 0 saturated heterocycles. The van der Waals surface area contributed by atoms with Crippen molar-refractivity contribution in [3.05, 3.63) is 46.8 Å². The van der Waals surface area contributed by atoms with Gasteiger partial charge in [-0.1, -0.05) is 30.0 Å². The van der Waals surface area contributed by atoms with Crippen LogP contribution in [0.1, 0.15) is 11.1 Å². The van der Waals surface area contributed by atoms with Crippen molar-refractivity contribution in [2.24, 2.45) is 0 Å². The Morgan fingerprint density at radius 2 is 2.00 bits per heavy atom. The van der Waals surface area contributed by atoms with Crippen LogP contribution in [0, 0.1) is 13.8 Å². The lowest BCUT2D eigenvalue weighted by Gasteiger charge is -2.10. The molecule has 2 aromatic heterocycles. The average Bonchev–Trinajstić information content (AvgIpc) is 3.33. The molecule has 27 heavy (non-hydrogen) atoms. The standard InChI is InChI=1S/C18H18N4O3S2/c1-11-5-3-6-13(12(11)2)20-15(23)9-19-16(24)10-27-18-22-21-17(25-18)14-7-4-8-26-14/h3-8H,9-10H2,1-2H3,(H,19,24)(H,20,23). The van der Waals surface area contributed by atoms with Crippen molar-refractivity contribution in [1.82, 2.24) is 15.5 Å². The number of rotatable bonds is 7. The smallest absolute Gasteiger partial charge is 0.277 e. The number of amides is 2. The molecule has 3 rings (SSSR count). The summed E-state index contributed by atoms with van der Waals surface area (Å²) in [7, 11) is 0. The quantitative estimate of drug-likeness (QED) is 0.589. The number of nitrogens with zero attached hydrogens (tertiary/aromatic N) is 2. The number of thiophene rings is 1. The number of hydrogen-bond donors (Lipinski definition) is 2. The molecular weight excluding hydrogens is 384 g/mol. The number of hydrogen-bond acceptors (Lipinski definition) is 7. The Labute approximate surface area is 164 Å². The van der Waals surface area contributed by atoms with Gasteiger partial charge in [-0.05, 0) is 42.5 Å². The molecular formula is C18H18N4O3S2. The molecule has 140 valence electrons. The lowest BCUT2D eigenvalue weighted by molar-refractivity contribution is -0.122. The van der Waals surface area contributed by atoms with E-state index in [4.69, 9.17) is 4.42 Å². The van der Waals surface area contributed by atoms with E-state index in [1.165, 1.54) is 11.3 Å². The van der Waals surface area contributed by atoms with Crippen molar-refractivity contribution >= 4 is 40.6 Å². The lowest BCUT2D eigenvalue weighted by Crippen LogP contribution is -2.34. The van der Waals surface area contributed by atoms with E-state index in [1.54, 1.807) is 0 Å². The summed E-state index contributed by atoms with van der Waals surface area (Å²) in [6.45, 7) is 3.82. The van der Waals surface area contributed by atoms with Crippen molar-refractivity contribution in [3.63, 3.8) is 0 Å². The first-order chi connectivity index (χ1) is 13.0. The first kappa shape index (κ1) is 19.1. The van der Waals surface area contributed by atoms with Crippen molar-refractivity contribution in [3.8, 4) is 10.8 Å². The number of thioether (sulfide) groups is 1. The van der Waals surface area contributed by atoms with Crippen LogP contribution in [0.25, 0.3) is 10.8 Å². The van der Waals surface area contributed by atoms with Gasteiger partial charge in [0.15, 0.2) is 0 Å². The van der Waals surface area contributed by atoms with Gasteiger partial charge in [0.2, 0.25) is 11.8 Å². The third kappa shape index (κ3) is 5.18. The van der Waals surface area contributed by atoms with E-state index in [-0.39, 0.29) is 24.1 Å². The second-order valence-electron chi connectivity index (χ2n) is 5.71. The van der Waals surface area contributed by atoms with Crippen LogP contribution in [0.2, 0.25) is 0 Å². The predicted octanol–water partition coefficient (Wildman–Crippen LogP) is 3.26. The minimum atomic E-state index is -0.285. The maximum atomic E-state index is 12.0. The molecule has 3 aromatic rings. The van der Waals surface area contributed by atoms with Gasteiger partial charge in [-0.3, -0.25) is 9.59 Å². The summed E-state index contributed by atoms with van der Waals surface area (Å²) in [5.41, 5.74) is 2.84. The summed E-state index contributed by atoms with van der Waals surface area (Å²) >= 11 is 2.63. The van der Waals surface area contributed by atoms with Gasteiger partial charge in [-0.2, -0.15) is 0 Å². The van der Waals surface area contributed by atoms with Crippen LogP contribution in [0.5, 0.6) is 0 Å². The molecule has 1 aromatic carbocycles. The van der Waals surface area contributed by atoms with Crippen LogP contribution < -0.4 is 10.6 Å². The number of carbonyl (C=O) groups is 2. The molecule has 0 fully saturated rings. The van der Waals surface area contributed by atoms with Gasteiger partial charge in [0.1, 0.15) is 0 Å². The fraction of sp³-hybridized carbons (Fsp3) is 0.222. The predicted molar refractivity (Wildman–Crippen MR) is 106 cm³/mol. The van der Waals surface area contributed by atoms with Crippen LogP contribution >= 0.6 is 23.1 Å². The highest BCUT2D eigenvalue weighted by Gasteiger charge is 2.13. The summed E-state index contributed by atoms with van der Waals surface area (Å²) < 4.78 is 5.50. The minimum Gasteiger partial charge on any atom is -0.410 e. The van der Waals surface area contributed by atoms with Crippen LogP contribution in [-0.4, -0.2) is 34.3 Å². The van der Waals surface area contributed by atoms with Gasteiger partial charge < -0.3 is 15.1 Å². The number of carbonyl (C=O) groups excluding carboxylic acids is 2. The molecule has 0 aliphatic heterocycles. The summed E-state index contributed by atoms with van der Waals surface area (Å²) in [6, 6.07) is 9.47. The minimum absolute atomic E-state index is 0.0861. The zero-order valence-electron chi connectivity index (χ0n) is 14.8. The van der Waals surface area contributed by atoms with Crippen molar-refractivity contribution in [1.29, 1.82) is 0 Å². The fourth-order valence-corrected chi connectivity index (χ4v) is 3.44. The summed E-state index contributed by atoms with van der Waals surface area (Å²) in [6.07, 6.45) is 0. The molecule has 0 aliphatic carbocycles. The molecule has 9 heteroatoms. The summed E-state index contributed by atoms with van der Waals surface area (Å²) in [4.78, 5) is 24.8. The molecule has 0 radical (unpaired) electrons. The normalized spacial score (nSPS) is 10.6. The van der Waals surface area contributed by atoms with Gasteiger partial charge >= 0.3 is 0 Å². The van der Waals surface area contributed by atoms with Crippen molar-refractivity contribution in [2.75, 3.05) is 17.6 Å². The molecule has 0 saturated carbocycles. The fourth-order valence-electron chi connectivity index (χ4n) is 2.21. The largest absolute Gasteiger partial charge is 0.410 e. The third-order valence-electron chi connectivity index (χ3n) is 3.79. The van der Waals surface area contributed by atoms with Crippen LogP contribution in [0.3, 0.4) is 0 Å². The Bertz CT molecular complexity index is 938. The van der Waals surface area contributed by atoms with Gasteiger partial charge in [-0.25, -0.2) is 0 Å². The zero-order chi connectivity index (χ0) is 19.2. The molecule has 2 amide bonds. The topological polar surface area (TPSA) is 97.1 Å². The molecule has 0 spiro atoms. The zero-order valence-corrected chi connectivity index (χ0v) is 16.4. The highest BCUT2D eigenvalue weighted by Crippen LogP contribution is 2.26. The Balaban J connectivity index is 1.43. The molecule has 7 nitrogen and oxygen atoms in total. The van der Waals surface area contributed by atoms with Gasteiger partial charge in [0.05, 0.1) is 17.2 Å². The Kier molecular flexibility index (Phi) is 6.25. The maximum Gasteiger partial charge on any atom is 0.277 e. The number of aromatic nitrogens is 2. The van der Waals surface area contributed by atoms with E-state index in [1.807, 2.05) is 49.6 Å². The van der Waals surface area contributed by atoms with E-state index in [9.17, 15) is 9.59 Å². The van der Waals surface area contributed by atoms with Gasteiger partial charge in [0.25, 0.3) is 11.1 Å². The SMILES string of the molecule is Cc1cccc(NC(=O)CNC(=O)CSc2nnc(-c3cccs3)o2)c1C. The molecule has 2 heterocycles. The van der Waals surface area contributed by atoms with Crippen molar-refractivity contribution < 1.29 is 14.0 Å². The monoisotopic (exact) mass is 402 g/mol. The Morgan fingerprint density at radius 1 is 1.15 bits per heavy atom. The summed E-state index contributed by atoms with van der Waals surface area (Å²) in [5, 5.41) is 15.5. The van der Waals surface area contributed by atoms with E-state index in [2.05, 4.69) is 20.8 Å². The van der Waals surface area contributed by atoms with Crippen LogP contribution in [-0.2, 0) is 9.59 Å². The van der Waals surface area contributed by atoms with E-state index in [0.717, 1.165) is 33.5 Å². The highest BCUT2D eigenvalue weighted by atomic mass is 32.2. The second-order valence-corrected chi connectivity index (χ2v) is 7.59. The lowest BCUT2D eigenvalue weighted by atomic mass is 10.1. The van der Waals surface area contributed by atoms with Gasteiger partial charge in [0, 0.05) is 5.69 Å². The van der Waals surface area contributed by atoms with Crippen molar-refractivity contribution in [2.45, 2.75) is 19.1 Å². The first-order valence-corrected chi connectivity index (χ1v) is 10.0. The van der Waals surface area contributed by atoms with E-state index < -0.39 is 0 Å². The molecule has 0 bridgehead atoms. The number of anilines is 1.